The molecule has 1 aliphatic rings. The number of nitrogens with zero attached hydrogens (tertiary/aromatic N) is 3. The molecule has 4 nitrogen and oxygen atoms in total. The topological polar surface area (TPSA) is 33.1 Å². The number of aromatic nitrogens is 2. The summed E-state index contributed by atoms with van der Waals surface area (Å²) < 4.78 is 1.93. The zero-order valence-electron chi connectivity index (χ0n) is 12.8. The quantitative estimate of drug-likeness (QED) is 0.916. The molecule has 21 heavy (non-hydrogen) atoms. The van der Waals surface area contributed by atoms with E-state index in [2.05, 4.69) is 45.6 Å². The van der Waals surface area contributed by atoms with Crippen LogP contribution in [0.3, 0.4) is 0 Å². The maximum atomic E-state index is 4.19. The molecule has 1 aromatic carbocycles. The number of rotatable bonds is 5. The summed E-state index contributed by atoms with van der Waals surface area (Å²) in [4.78, 5) is 2.49. The Morgan fingerprint density at radius 3 is 2.48 bits per heavy atom. The van der Waals surface area contributed by atoms with Gasteiger partial charge in [0.25, 0.3) is 0 Å². The number of anilines is 2. The summed E-state index contributed by atoms with van der Waals surface area (Å²) in [5.74, 6) is 0. The molecule has 0 saturated carbocycles. The molecule has 0 atom stereocenters. The van der Waals surface area contributed by atoms with Gasteiger partial charge in [-0.05, 0) is 49.6 Å². The highest BCUT2D eigenvalue weighted by molar-refractivity contribution is 5.55. The van der Waals surface area contributed by atoms with Crippen LogP contribution in [0.1, 0.15) is 25.0 Å². The van der Waals surface area contributed by atoms with E-state index in [-0.39, 0.29) is 0 Å². The molecule has 2 heterocycles. The zero-order chi connectivity index (χ0) is 14.5. The van der Waals surface area contributed by atoms with Crippen molar-refractivity contribution in [1.29, 1.82) is 0 Å². The molecule has 0 radical (unpaired) electrons. The van der Waals surface area contributed by atoms with E-state index >= 15 is 0 Å². The van der Waals surface area contributed by atoms with Crippen molar-refractivity contribution in [2.45, 2.75) is 25.7 Å². The van der Waals surface area contributed by atoms with Gasteiger partial charge in [0.1, 0.15) is 0 Å². The molecule has 3 rings (SSSR count). The Morgan fingerprint density at radius 1 is 1.05 bits per heavy atom. The van der Waals surface area contributed by atoms with Gasteiger partial charge in [-0.3, -0.25) is 4.68 Å². The maximum Gasteiger partial charge on any atom is 0.0492 e. The largest absolute Gasteiger partial charge is 0.385 e. The first-order chi connectivity index (χ1) is 10.3. The number of hydrogen-bond acceptors (Lipinski definition) is 3. The van der Waals surface area contributed by atoms with E-state index in [1.54, 1.807) is 0 Å². The Labute approximate surface area is 126 Å². The van der Waals surface area contributed by atoms with Crippen LogP contribution in [0.15, 0.2) is 36.5 Å². The Kier molecular flexibility index (Phi) is 4.43. The first-order valence-corrected chi connectivity index (χ1v) is 7.89. The summed E-state index contributed by atoms with van der Waals surface area (Å²) in [6, 6.07) is 10.9. The molecule has 0 bridgehead atoms. The monoisotopic (exact) mass is 284 g/mol. The van der Waals surface area contributed by atoms with Gasteiger partial charge in [0.05, 0.1) is 0 Å². The van der Waals surface area contributed by atoms with Crippen molar-refractivity contribution < 1.29 is 0 Å². The number of benzene rings is 1. The lowest BCUT2D eigenvalue weighted by Crippen LogP contribution is -2.29. The molecule has 0 unspecified atom stereocenters. The maximum absolute atomic E-state index is 4.19. The predicted molar refractivity (Wildman–Crippen MR) is 87.9 cm³/mol. The third kappa shape index (κ3) is 3.57. The van der Waals surface area contributed by atoms with Crippen LogP contribution in [-0.2, 0) is 13.5 Å². The first-order valence-electron chi connectivity index (χ1n) is 7.89. The normalized spacial score (nSPS) is 15.2. The number of nitrogens with one attached hydrogen (secondary N) is 1. The van der Waals surface area contributed by atoms with Crippen molar-refractivity contribution >= 4 is 11.4 Å². The van der Waals surface area contributed by atoms with E-state index in [0.717, 1.165) is 13.0 Å². The minimum atomic E-state index is 0.933. The van der Waals surface area contributed by atoms with Gasteiger partial charge in [-0.15, -0.1) is 0 Å². The van der Waals surface area contributed by atoms with E-state index in [9.17, 15) is 0 Å². The average molecular weight is 284 g/mol. The van der Waals surface area contributed by atoms with Crippen LogP contribution >= 0.6 is 0 Å². The lowest BCUT2D eigenvalue weighted by molar-refractivity contribution is 0.578. The molecular weight excluding hydrogens is 260 g/mol. The second kappa shape index (κ2) is 6.66. The van der Waals surface area contributed by atoms with Crippen molar-refractivity contribution in [3.05, 3.63) is 42.2 Å². The smallest absolute Gasteiger partial charge is 0.0492 e. The van der Waals surface area contributed by atoms with Gasteiger partial charge in [-0.25, -0.2) is 0 Å². The van der Waals surface area contributed by atoms with Gasteiger partial charge in [0.15, 0.2) is 0 Å². The average Bonchev–Trinajstić information content (AvgIpc) is 2.94. The molecule has 112 valence electrons. The highest BCUT2D eigenvalue weighted by Crippen LogP contribution is 2.21. The van der Waals surface area contributed by atoms with E-state index in [4.69, 9.17) is 0 Å². The second-order valence-electron chi connectivity index (χ2n) is 5.72. The highest BCUT2D eigenvalue weighted by Gasteiger charge is 2.10. The van der Waals surface area contributed by atoms with Crippen LogP contribution in [0, 0.1) is 0 Å². The van der Waals surface area contributed by atoms with Crippen molar-refractivity contribution in [1.82, 2.24) is 9.78 Å². The van der Waals surface area contributed by atoms with Gasteiger partial charge in [0.2, 0.25) is 0 Å². The molecule has 1 aromatic heterocycles. The third-order valence-electron chi connectivity index (χ3n) is 4.22. The fourth-order valence-electron chi connectivity index (χ4n) is 2.92. The van der Waals surface area contributed by atoms with Crippen LogP contribution in [0.4, 0.5) is 11.4 Å². The molecule has 0 amide bonds. The molecule has 4 heteroatoms. The SMILES string of the molecule is Cn1nccc1CCNc1ccc(N2CCCCC2)cc1. The van der Waals surface area contributed by atoms with Crippen LogP contribution in [-0.4, -0.2) is 29.4 Å². The minimum absolute atomic E-state index is 0.933. The zero-order valence-corrected chi connectivity index (χ0v) is 12.8. The fraction of sp³-hybridized carbons (Fsp3) is 0.471. The summed E-state index contributed by atoms with van der Waals surface area (Å²) >= 11 is 0. The molecule has 1 N–H and O–H groups in total. The highest BCUT2D eigenvalue weighted by atomic mass is 15.3. The summed E-state index contributed by atoms with van der Waals surface area (Å²) in [5.41, 5.74) is 3.80. The summed E-state index contributed by atoms with van der Waals surface area (Å²) in [6.07, 6.45) is 6.87. The Bertz CT molecular complexity index is 552. The van der Waals surface area contributed by atoms with Crippen molar-refractivity contribution in [3.63, 3.8) is 0 Å². The molecule has 1 aliphatic heterocycles. The van der Waals surface area contributed by atoms with Gasteiger partial charge < -0.3 is 10.2 Å². The molecule has 1 saturated heterocycles. The van der Waals surface area contributed by atoms with E-state index in [1.807, 2.05) is 17.9 Å². The van der Waals surface area contributed by atoms with Gasteiger partial charge >= 0.3 is 0 Å². The Hall–Kier alpha value is -1.97. The van der Waals surface area contributed by atoms with E-state index in [0.29, 0.717) is 0 Å². The standard InChI is InChI=1S/C17H24N4/c1-20-16(10-12-19-20)9-11-18-15-5-7-17(8-6-15)21-13-3-2-4-14-21/h5-8,10,12,18H,2-4,9,11,13-14H2,1H3. The lowest BCUT2D eigenvalue weighted by atomic mass is 10.1. The second-order valence-corrected chi connectivity index (χ2v) is 5.72. The van der Waals surface area contributed by atoms with Crippen LogP contribution < -0.4 is 10.2 Å². The van der Waals surface area contributed by atoms with Gasteiger partial charge in [-0.1, -0.05) is 0 Å². The summed E-state index contributed by atoms with van der Waals surface area (Å²) in [5, 5.41) is 7.67. The Morgan fingerprint density at radius 2 is 1.81 bits per heavy atom. The molecule has 0 aliphatic carbocycles. The number of hydrogen-bond donors (Lipinski definition) is 1. The van der Waals surface area contributed by atoms with Crippen molar-refractivity contribution in [2.24, 2.45) is 7.05 Å². The molecule has 1 fully saturated rings. The molecular formula is C17H24N4. The van der Waals surface area contributed by atoms with Crippen LogP contribution in [0.5, 0.6) is 0 Å². The van der Waals surface area contributed by atoms with Crippen molar-refractivity contribution in [2.75, 3.05) is 29.9 Å². The predicted octanol–water partition coefficient (Wildman–Crippen LogP) is 3.07. The van der Waals surface area contributed by atoms with E-state index in [1.165, 1.54) is 49.4 Å². The number of piperidine rings is 1. The summed E-state index contributed by atoms with van der Waals surface area (Å²) in [6.45, 7) is 3.34. The minimum Gasteiger partial charge on any atom is -0.385 e. The third-order valence-corrected chi connectivity index (χ3v) is 4.22. The van der Waals surface area contributed by atoms with E-state index < -0.39 is 0 Å². The van der Waals surface area contributed by atoms with Gasteiger partial charge in [-0.2, -0.15) is 5.10 Å². The van der Waals surface area contributed by atoms with Crippen LogP contribution in [0.2, 0.25) is 0 Å². The van der Waals surface area contributed by atoms with Gasteiger partial charge in [0, 0.05) is 56.4 Å². The van der Waals surface area contributed by atoms with Crippen molar-refractivity contribution in [3.8, 4) is 0 Å². The summed E-state index contributed by atoms with van der Waals surface area (Å²) in [7, 11) is 1.99. The molecule has 0 spiro atoms. The molecule has 2 aromatic rings. The first kappa shape index (κ1) is 14.0. The Balaban J connectivity index is 1.51. The number of aryl methyl sites for hydroxylation is 1. The van der Waals surface area contributed by atoms with Crippen LogP contribution in [0.25, 0.3) is 0 Å². The lowest BCUT2D eigenvalue weighted by Gasteiger charge is -2.28. The fourth-order valence-corrected chi connectivity index (χ4v) is 2.92.